The molecule has 20 heavy (non-hydrogen) atoms. The van der Waals surface area contributed by atoms with Gasteiger partial charge in [-0.25, -0.2) is 4.98 Å². The van der Waals surface area contributed by atoms with E-state index in [4.69, 9.17) is 27.3 Å². The summed E-state index contributed by atoms with van der Waals surface area (Å²) < 4.78 is 5.78. The minimum absolute atomic E-state index is 0.371. The number of nitriles is 1. The highest BCUT2D eigenvalue weighted by atomic mass is 35.5. The van der Waals surface area contributed by atoms with E-state index in [-0.39, 0.29) is 0 Å². The molecular formula is C15H14ClN3O. The summed E-state index contributed by atoms with van der Waals surface area (Å²) in [6.45, 7) is 0.904. The number of hydrogen-bond acceptors (Lipinski definition) is 4. The molecule has 1 heterocycles. The van der Waals surface area contributed by atoms with E-state index in [0.29, 0.717) is 30.3 Å². The summed E-state index contributed by atoms with van der Waals surface area (Å²) in [7, 11) is 0. The Balaban J connectivity index is 2.12. The van der Waals surface area contributed by atoms with Gasteiger partial charge in [0.15, 0.2) is 0 Å². The molecular weight excluding hydrogens is 274 g/mol. The van der Waals surface area contributed by atoms with Crippen LogP contribution in [0.3, 0.4) is 0 Å². The lowest BCUT2D eigenvalue weighted by molar-refractivity contribution is 0.303. The second-order valence-corrected chi connectivity index (χ2v) is 4.68. The molecule has 0 amide bonds. The molecule has 1 aromatic carbocycles. The van der Waals surface area contributed by atoms with E-state index in [1.807, 2.05) is 24.3 Å². The number of rotatable bonds is 5. The van der Waals surface area contributed by atoms with Gasteiger partial charge < -0.3 is 10.5 Å². The monoisotopic (exact) mass is 287 g/mol. The lowest BCUT2D eigenvalue weighted by atomic mass is 10.1. The van der Waals surface area contributed by atoms with Crippen LogP contribution in [0.4, 0.5) is 0 Å². The first-order chi connectivity index (χ1) is 9.72. The van der Waals surface area contributed by atoms with Crippen molar-refractivity contribution in [2.24, 2.45) is 5.73 Å². The van der Waals surface area contributed by atoms with E-state index in [1.54, 1.807) is 18.3 Å². The normalized spacial score (nSPS) is 10.1. The average molecular weight is 288 g/mol. The van der Waals surface area contributed by atoms with E-state index >= 15 is 0 Å². The molecule has 0 bridgehead atoms. The summed E-state index contributed by atoms with van der Waals surface area (Å²) in [5, 5.41) is 9.47. The van der Waals surface area contributed by atoms with Gasteiger partial charge in [-0.1, -0.05) is 11.6 Å². The lowest BCUT2D eigenvalue weighted by Crippen LogP contribution is -2.05. The molecule has 2 N–H and O–H groups in total. The van der Waals surface area contributed by atoms with Crippen LogP contribution in [0.15, 0.2) is 36.5 Å². The third-order valence-corrected chi connectivity index (χ3v) is 3.00. The highest BCUT2D eigenvalue weighted by molar-refractivity contribution is 6.30. The maximum atomic E-state index is 8.81. The predicted octanol–water partition coefficient (Wildman–Crippen LogP) is 2.69. The number of ether oxygens (including phenoxy) is 1. The second-order valence-electron chi connectivity index (χ2n) is 4.24. The third kappa shape index (κ3) is 3.70. The van der Waals surface area contributed by atoms with Gasteiger partial charge in [0.1, 0.15) is 24.1 Å². The first-order valence-corrected chi connectivity index (χ1v) is 6.57. The summed E-state index contributed by atoms with van der Waals surface area (Å²) in [4.78, 5) is 3.92. The molecule has 0 saturated heterocycles. The maximum Gasteiger partial charge on any atom is 0.140 e. The first-order valence-electron chi connectivity index (χ1n) is 6.19. The predicted molar refractivity (Wildman–Crippen MR) is 77.5 cm³/mol. The zero-order chi connectivity index (χ0) is 14.4. The Bertz CT molecular complexity index is 637. The van der Waals surface area contributed by atoms with E-state index < -0.39 is 0 Å². The maximum absolute atomic E-state index is 8.81. The number of halogens is 1. The number of pyridine rings is 1. The number of aromatic nitrogens is 1. The van der Waals surface area contributed by atoms with Crippen molar-refractivity contribution in [2.75, 3.05) is 6.54 Å². The molecule has 102 valence electrons. The van der Waals surface area contributed by atoms with Gasteiger partial charge in [0.05, 0.1) is 0 Å². The Hall–Kier alpha value is -2.09. The molecule has 0 aliphatic carbocycles. The van der Waals surface area contributed by atoms with Crippen molar-refractivity contribution in [1.82, 2.24) is 4.98 Å². The highest BCUT2D eigenvalue weighted by Gasteiger charge is 2.05. The van der Waals surface area contributed by atoms with Crippen LogP contribution in [0, 0.1) is 11.3 Å². The largest absolute Gasteiger partial charge is 0.489 e. The molecule has 1 aromatic heterocycles. The molecule has 0 spiro atoms. The van der Waals surface area contributed by atoms with E-state index in [2.05, 4.69) is 4.98 Å². The third-order valence-electron chi connectivity index (χ3n) is 2.77. The van der Waals surface area contributed by atoms with Gasteiger partial charge in [0, 0.05) is 11.2 Å². The van der Waals surface area contributed by atoms with Crippen LogP contribution in [0.25, 0.3) is 0 Å². The molecule has 0 radical (unpaired) electrons. The summed E-state index contributed by atoms with van der Waals surface area (Å²) in [5.41, 5.74) is 7.84. The van der Waals surface area contributed by atoms with Gasteiger partial charge in [0.2, 0.25) is 0 Å². The van der Waals surface area contributed by atoms with Crippen molar-refractivity contribution in [3.8, 4) is 11.8 Å². The van der Waals surface area contributed by atoms with Crippen molar-refractivity contribution < 1.29 is 4.74 Å². The quantitative estimate of drug-likeness (QED) is 0.918. The van der Waals surface area contributed by atoms with Crippen LogP contribution in [-0.2, 0) is 13.0 Å². The van der Waals surface area contributed by atoms with Crippen molar-refractivity contribution in [2.45, 2.75) is 13.0 Å². The fourth-order valence-corrected chi connectivity index (χ4v) is 2.02. The van der Waals surface area contributed by atoms with Gasteiger partial charge in [-0.15, -0.1) is 0 Å². The van der Waals surface area contributed by atoms with Gasteiger partial charge in [-0.3, -0.25) is 0 Å². The second kappa shape index (κ2) is 6.90. The van der Waals surface area contributed by atoms with E-state index in [0.717, 1.165) is 16.9 Å². The Morgan fingerprint density at radius 3 is 2.90 bits per heavy atom. The molecule has 2 aromatic rings. The van der Waals surface area contributed by atoms with Crippen LogP contribution >= 0.6 is 11.6 Å². The minimum Gasteiger partial charge on any atom is -0.489 e. The molecule has 0 fully saturated rings. The molecule has 5 heteroatoms. The fraction of sp³-hybridized carbons (Fsp3) is 0.200. The molecule has 0 aliphatic heterocycles. The van der Waals surface area contributed by atoms with Gasteiger partial charge >= 0.3 is 0 Å². The molecule has 0 unspecified atom stereocenters. The summed E-state index contributed by atoms with van der Waals surface area (Å²) in [6.07, 6.45) is 2.30. The van der Waals surface area contributed by atoms with Gasteiger partial charge in [0.25, 0.3) is 0 Å². The van der Waals surface area contributed by atoms with Crippen LogP contribution in [0.2, 0.25) is 5.02 Å². The van der Waals surface area contributed by atoms with Crippen LogP contribution in [0.1, 0.15) is 16.8 Å². The lowest BCUT2D eigenvalue weighted by Gasteiger charge is -2.11. The number of nitrogens with two attached hydrogens (primary N) is 1. The molecule has 0 aliphatic rings. The minimum atomic E-state index is 0.371. The number of benzene rings is 1. The van der Waals surface area contributed by atoms with Crippen molar-refractivity contribution in [1.29, 1.82) is 5.26 Å². The Labute approximate surface area is 122 Å². The molecule has 0 saturated carbocycles. The first kappa shape index (κ1) is 14.3. The van der Waals surface area contributed by atoms with Crippen LogP contribution in [-0.4, -0.2) is 11.5 Å². The standard InChI is InChI=1S/C15H14ClN3O/c16-13-1-2-15(12(8-13)3-5-17)20-10-11-4-6-19-14(7-11)9-18/h1-2,4,6-8H,3,5,10,17H2. The van der Waals surface area contributed by atoms with Crippen LogP contribution in [0.5, 0.6) is 5.75 Å². The Morgan fingerprint density at radius 1 is 1.30 bits per heavy atom. The summed E-state index contributed by atoms with van der Waals surface area (Å²) in [6, 6.07) is 11.0. The molecule has 0 atom stereocenters. The Kier molecular flexibility index (Phi) is 4.94. The Morgan fingerprint density at radius 2 is 2.15 bits per heavy atom. The van der Waals surface area contributed by atoms with Crippen molar-refractivity contribution in [3.63, 3.8) is 0 Å². The molecule has 2 rings (SSSR count). The number of nitrogens with zero attached hydrogens (tertiary/aromatic N) is 2. The topological polar surface area (TPSA) is 71.9 Å². The molecule has 4 nitrogen and oxygen atoms in total. The van der Waals surface area contributed by atoms with Crippen molar-refractivity contribution in [3.05, 3.63) is 58.4 Å². The fourth-order valence-electron chi connectivity index (χ4n) is 1.83. The van der Waals surface area contributed by atoms with Gasteiger partial charge in [-0.05, 0) is 54.4 Å². The summed E-state index contributed by atoms with van der Waals surface area (Å²) >= 11 is 5.97. The van der Waals surface area contributed by atoms with Crippen LogP contribution < -0.4 is 10.5 Å². The summed E-state index contributed by atoms with van der Waals surface area (Å²) in [5.74, 6) is 0.759. The zero-order valence-corrected chi connectivity index (χ0v) is 11.6. The average Bonchev–Trinajstić information content (AvgIpc) is 2.47. The smallest absolute Gasteiger partial charge is 0.140 e. The number of hydrogen-bond donors (Lipinski definition) is 1. The zero-order valence-electron chi connectivity index (χ0n) is 10.8. The highest BCUT2D eigenvalue weighted by Crippen LogP contribution is 2.24. The van der Waals surface area contributed by atoms with E-state index in [9.17, 15) is 0 Å². The SMILES string of the molecule is N#Cc1cc(COc2ccc(Cl)cc2CCN)ccn1. The van der Waals surface area contributed by atoms with Gasteiger partial charge in [-0.2, -0.15) is 5.26 Å². The van der Waals surface area contributed by atoms with Crippen molar-refractivity contribution >= 4 is 11.6 Å². The van der Waals surface area contributed by atoms with E-state index in [1.165, 1.54) is 0 Å².